The summed E-state index contributed by atoms with van der Waals surface area (Å²) in [6.07, 6.45) is 4.85. The van der Waals surface area contributed by atoms with Gasteiger partial charge in [-0.05, 0) is 39.5 Å². The van der Waals surface area contributed by atoms with Crippen LogP contribution in [0.1, 0.15) is 66.2 Å². The number of nitrogens with one attached hydrogen (secondary N) is 1. The van der Waals surface area contributed by atoms with E-state index in [4.69, 9.17) is 4.55 Å². The van der Waals surface area contributed by atoms with Crippen LogP contribution in [0.25, 0.3) is 0 Å². The van der Waals surface area contributed by atoms with E-state index >= 15 is 0 Å². The molecule has 146 valence electrons. The molecule has 1 aliphatic heterocycles. The number of carbonyl (C=O) groups is 2. The first-order valence-corrected chi connectivity index (χ1v) is 10.6. The van der Waals surface area contributed by atoms with Gasteiger partial charge in [0, 0.05) is 24.9 Å². The van der Waals surface area contributed by atoms with Crippen LogP contribution < -0.4 is 5.32 Å². The summed E-state index contributed by atoms with van der Waals surface area (Å²) in [7, 11) is -4.18. The normalized spacial score (nSPS) is 19.2. The van der Waals surface area contributed by atoms with Gasteiger partial charge < -0.3 is 10.2 Å². The van der Waals surface area contributed by atoms with Crippen LogP contribution in [0.2, 0.25) is 0 Å². The molecule has 1 saturated heterocycles. The second kappa shape index (κ2) is 8.98. The van der Waals surface area contributed by atoms with Gasteiger partial charge in [-0.15, -0.1) is 0 Å². The fraction of sp³-hybridized carbons (Fsp3) is 0.882. The molecule has 0 saturated carbocycles. The van der Waals surface area contributed by atoms with E-state index in [0.29, 0.717) is 12.8 Å². The van der Waals surface area contributed by atoms with Crippen LogP contribution in [0.15, 0.2) is 0 Å². The van der Waals surface area contributed by atoms with Gasteiger partial charge >= 0.3 is 0 Å². The summed E-state index contributed by atoms with van der Waals surface area (Å²) in [6, 6.07) is 0.0102. The lowest BCUT2D eigenvalue weighted by molar-refractivity contribution is -0.135. The highest BCUT2D eigenvalue weighted by Crippen LogP contribution is 2.21. The van der Waals surface area contributed by atoms with Crippen molar-refractivity contribution in [1.29, 1.82) is 0 Å². The van der Waals surface area contributed by atoms with Gasteiger partial charge in [0.1, 0.15) is 0 Å². The Morgan fingerprint density at radius 3 is 2.52 bits per heavy atom. The van der Waals surface area contributed by atoms with E-state index in [-0.39, 0.29) is 23.8 Å². The van der Waals surface area contributed by atoms with Gasteiger partial charge in [0.25, 0.3) is 10.1 Å². The summed E-state index contributed by atoms with van der Waals surface area (Å²) in [5, 5.41) is 2.69. The Bertz CT molecular complexity index is 574. The van der Waals surface area contributed by atoms with Crippen molar-refractivity contribution < 1.29 is 22.6 Å². The summed E-state index contributed by atoms with van der Waals surface area (Å²) in [5.74, 6) is -1.01. The van der Waals surface area contributed by atoms with Crippen LogP contribution in [-0.2, 0) is 19.7 Å². The maximum atomic E-state index is 12.4. The summed E-state index contributed by atoms with van der Waals surface area (Å²) in [5.41, 5.74) is -1.06. The van der Waals surface area contributed by atoms with Crippen molar-refractivity contribution >= 4 is 21.9 Å². The Balaban J connectivity index is 2.69. The first-order valence-electron chi connectivity index (χ1n) is 9.02. The van der Waals surface area contributed by atoms with Crippen molar-refractivity contribution in [3.63, 3.8) is 0 Å². The van der Waals surface area contributed by atoms with E-state index in [9.17, 15) is 18.0 Å². The van der Waals surface area contributed by atoms with Crippen molar-refractivity contribution in [2.75, 3.05) is 12.3 Å². The lowest BCUT2D eigenvalue weighted by Gasteiger charge is -2.33. The van der Waals surface area contributed by atoms with E-state index < -0.39 is 21.4 Å². The Kier molecular flexibility index (Phi) is 7.87. The molecule has 1 heterocycles. The number of hydrogen-bond acceptors (Lipinski definition) is 4. The number of likely N-dealkylation sites (tertiary alicyclic amines) is 1. The van der Waals surface area contributed by atoms with Gasteiger partial charge in [0.05, 0.1) is 11.3 Å². The van der Waals surface area contributed by atoms with E-state index in [0.717, 1.165) is 32.2 Å². The molecule has 0 spiro atoms. The number of hydrogen-bond donors (Lipinski definition) is 2. The molecule has 0 radical (unpaired) electrons. The van der Waals surface area contributed by atoms with Crippen LogP contribution in [0.3, 0.4) is 0 Å². The SMILES string of the molecule is CCC(CC(C)C(=O)NC(C)(C)CS(=O)(=O)O)N1CCCCCC1=O. The number of nitrogens with zero attached hydrogens (tertiary/aromatic N) is 1. The number of amides is 2. The van der Waals surface area contributed by atoms with E-state index in [1.807, 2.05) is 11.8 Å². The second-order valence-corrected chi connectivity index (χ2v) is 9.15. The van der Waals surface area contributed by atoms with Crippen molar-refractivity contribution in [1.82, 2.24) is 10.2 Å². The highest BCUT2D eigenvalue weighted by atomic mass is 32.2. The Morgan fingerprint density at radius 1 is 1.32 bits per heavy atom. The third kappa shape index (κ3) is 7.73. The van der Waals surface area contributed by atoms with Crippen molar-refractivity contribution in [3.8, 4) is 0 Å². The van der Waals surface area contributed by atoms with Crippen LogP contribution in [0, 0.1) is 5.92 Å². The molecule has 7 nitrogen and oxygen atoms in total. The zero-order valence-corrected chi connectivity index (χ0v) is 16.6. The molecule has 8 heteroatoms. The van der Waals surface area contributed by atoms with Crippen molar-refractivity contribution in [2.24, 2.45) is 5.92 Å². The van der Waals surface area contributed by atoms with Gasteiger partial charge in [-0.3, -0.25) is 14.1 Å². The summed E-state index contributed by atoms with van der Waals surface area (Å²) < 4.78 is 31.1. The van der Waals surface area contributed by atoms with Crippen LogP contribution >= 0.6 is 0 Å². The standard InChI is InChI=1S/C17H32N2O5S/c1-5-14(19-10-8-6-7-9-15(19)20)11-13(2)16(21)18-17(3,4)12-25(22,23)24/h13-14H,5-12H2,1-4H3,(H,18,21)(H,22,23,24). The Labute approximate surface area is 151 Å². The molecule has 2 atom stereocenters. The van der Waals surface area contributed by atoms with Gasteiger partial charge in [-0.2, -0.15) is 8.42 Å². The first-order chi connectivity index (χ1) is 11.4. The molecule has 2 amide bonds. The largest absolute Gasteiger partial charge is 0.350 e. The third-order valence-electron chi connectivity index (χ3n) is 4.60. The predicted molar refractivity (Wildman–Crippen MR) is 96.7 cm³/mol. The average Bonchev–Trinajstić information content (AvgIpc) is 2.66. The molecule has 1 rings (SSSR count). The maximum absolute atomic E-state index is 12.4. The molecule has 1 fully saturated rings. The summed E-state index contributed by atoms with van der Waals surface area (Å²) >= 11 is 0. The Hall–Kier alpha value is -1.15. The van der Waals surface area contributed by atoms with Crippen molar-refractivity contribution in [2.45, 2.75) is 77.8 Å². The van der Waals surface area contributed by atoms with Crippen LogP contribution in [-0.4, -0.2) is 53.6 Å². The molecule has 0 aromatic heterocycles. The van der Waals surface area contributed by atoms with Gasteiger partial charge in [-0.1, -0.05) is 20.3 Å². The number of rotatable bonds is 8. The molecule has 25 heavy (non-hydrogen) atoms. The average molecular weight is 377 g/mol. The fourth-order valence-corrected chi connectivity index (χ4v) is 4.35. The molecular weight excluding hydrogens is 344 g/mol. The van der Waals surface area contributed by atoms with E-state index in [1.165, 1.54) is 0 Å². The molecular formula is C17H32N2O5S. The zero-order chi connectivity index (χ0) is 19.3. The predicted octanol–water partition coefficient (Wildman–Crippen LogP) is 1.98. The van der Waals surface area contributed by atoms with Crippen molar-refractivity contribution in [3.05, 3.63) is 0 Å². The lowest BCUT2D eigenvalue weighted by atomic mass is 9.96. The molecule has 0 aromatic carbocycles. The molecule has 1 aliphatic rings. The molecule has 2 N–H and O–H groups in total. The fourth-order valence-electron chi connectivity index (χ4n) is 3.37. The van der Waals surface area contributed by atoms with Crippen LogP contribution in [0.4, 0.5) is 0 Å². The second-order valence-electron chi connectivity index (χ2n) is 7.70. The highest BCUT2D eigenvalue weighted by Gasteiger charge is 2.31. The monoisotopic (exact) mass is 376 g/mol. The Morgan fingerprint density at radius 2 is 1.96 bits per heavy atom. The molecule has 0 aliphatic carbocycles. The minimum absolute atomic E-state index is 0.0102. The number of carbonyl (C=O) groups excluding carboxylic acids is 2. The third-order valence-corrected chi connectivity index (χ3v) is 5.69. The summed E-state index contributed by atoms with van der Waals surface area (Å²) in [6.45, 7) is 7.64. The smallest absolute Gasteiger partial charge is 0.267 e. The van der Waals surface area contributed by atoms with Gasteiger partial charge in [0.15, 0.2) is 0 Å². The summed E-state index contributed by atoms with van der Waals surface area (Å²) in [4.78, 5) is 26.6. The highest BCUT2D eigenvalue weighted by molar-refractivity contribution is 7.85. The quantitative estimate of drug-likeness (QED) is 0.630. The first kappa shape index (κ1) is 21.9. The topological polar surface area (TPSA) is 104 Å². The lowest BCUT2D eigenvalue weighted by Crippen LogP contribution is -2.51. The molecule has 0 bridgehead atoms. The molecule has 2 unspecified atom stereocenters. The van der Waals surface area contributed by atoms with Gasteiger partial charge in [0.2, 0.25) is 11.8 Å². The van der Waals surface area contributed by atoms with E-state index in [1.54, 1.807) is 20.8 Å². The minimum Gasteiger partial charge on any atom is -0.350 e. The van der Waals surface area contributed by atoms with Gasteiger partial charge in [-0.25, -0.2) is 0 Å². The maximum Gasteiger partial charge on any atom is 0.267 e. The van der Waals surface area contributed by atoms with Crippen LogP contribution in [0.5, 0.6) is 0 Å². The zero-order valence-electron chi connectivity index (χ0n) is 15.7. The van der Waals surface area contributed by atoms with E-state index in [2.05, 4.69) is 5.32 Å². The minimum atomic E-state index is -4.18. The molecule has 0 aromatic rings.